The van der Waals surface area contributed by atoms with Crippen LogP contribution >= 0.6 is 0 Å². The molecule has 15 nitrogen and oxygen atoms in total. The van der Waals surface area contributed by atoms with Crippen molar-refractivity contribution in [2.24, 2.45) is 50.2 Å². The van der Waals surface area contributed by atoms with Crippen LogP contribution in [0.4, 0.5) is 39.5 Å². The van der Waals surface area contributed by atoms with Crippen molar-refractivity contribution in [3.63, 3.8) is 0 Å². The topological polar surface area (TPSA) is 242 Å². The van der Waals surface area contributed by atoms with Crippen molar-refractivity contribution in [3.05, 3.63) is 0 Å². The largest absolute Gasteiger partial charge is 0.491 e. The zero-order chi connectivity index (χ0) is 47.8. The maximum Gasteiger partial charge on any atom is 0.491 e. The van der Waals surface area contributed by atoms with Crippen molar-refractivity contribution >= 4 is 53.7 Å². The molecule has 6 unspecified atom stereocenters. The minimum atomic E-state index is -5.26. The van der Waals surface area contributed by atoms with E-state index in [2.05, 4.69) is 14.2 Å². The number of carboxylic acids is 3. The van der Waals surface area contributed by atoms with Gasteiger partial charge in [0.05, 0.1) is 34.0 Å². The Balaban J connectivity index is 0.000000878. The molecule has 61 heavy (non-hydrogen) atoms. The minimum Gasteiger partial charge on any atom is -0.481 e. The first-order chi connectivity index (χ1) is 26.5. The number of alkyl halides is 9. The quantitative estimate of drug-likeness (QED) is 0.112. The van der Waals surface area contributed by atoms with Gasteiger partial charge in [-0.15, -0.1) is 0 Å². The molecule has 3 rings (SSSR count). The van der Waals surface area contributed by atoms with Crippen LogP contribution in [0, 0.1) is 97.2 Å². The fraction of sp³-hybridized carbons (Fsp3) is 0.750. The Morgan fingerprint density at radius 2 is 0.574 bits per heavy atom. The van der Waals surface area contributed by atoms with E-state index in [0.717, 1.165) is 0 Å². The molecule has 3 N–H and O–H groups in total. The smallest absolute Gasteiger partial charge is 0.481 e. The standard InChI is InChI=1S/3C12H15F3O5.Yb/c3*1-10(2)6(7(16)17)4-5-11(10,3)8(18)20-9(19)12(13,14)15;/h3*6H,4-5H2,1-3H3,(H,16,17);. The summed E-state index contributed by atoms with van der Waals surface area (Å²) >= 11 is 0. The van der Waals surface area contributed by atoms with E-state index in [1.54, 1.807) is 0 Å². The first-order valence-corrected chi connectivity index (χ1v) is 17.7. The minimum absolute atomic E-state index is 0. The van der Waals surface area contributed by atoms with Gasteiger partial charge in [-0.3, -0.25) is 28.8 Å². The van der Waals surface area contributed by atoms with Crippen LogP contribution in [-0.2, 0) is 57.4 Å². The number of carbonyl (C=O) groups is 9. The number of carboxylic acid groups (broad SMARTS) is 3. The number of hydrogen-bond acceptors (Lipinski definition) is 12. The first kappa shape index (κ1) is 57.7. The summed E-state index contributed by atoms with van der Waals surface area (Å²) < 4.78 is 120. The van der Waals surface area contributed by atoms with Crippen LogP contribution in [0.5, 0.6) is 0 Å². The Bertz CT molecular complexity index is 1570. The van der Waals surface area contributed by atoms with E-state index in [9.17, 15) is 82.7 Å². The molecule has 0 aromatic carbocycles. The number of aliphatic carboxylic acids is 3. The Morgan fingerprint density at radius 3 is 0.689 bits per heavy atom. The second-order valence-corrected chi connectivity index (χ2v) is 17.0. The third kappa shape index (κ3) is 11.8. The molecule has 0 spiro atoms. The third-order valence-electron chi connectivity index (χ3n) is 13.2. The van der Waals surface area contributed by atoms with Crippen LogP contribution in [-0.4, -0.2) is 87.6 Å². The molecule has 3 aliphatic rings. The monoisotopic (exact) mass is 1060 g/mol. The fourth-order valence-electron chi connectivity index (χ4n) is 7.66. The summed E-state index contributed by atoms with van der Waals surface area (Å²) in [5.74, 6) is -17.8. The molecule has 0 amide bonds. The van der Waals surface area contributed by atoms with Crippen molar-refractivity contribution in [2.75, 3.05) is 0 Å². The number of halogens is 9. The normalized spacial score (nSPS) is 28.5. The summed E-state index contributed by atoms with van der Waals surface area (Å²) in [6.07, 6.45) is -15.3. The molecule has 0 radical (unpaired) electrons. The molecule has 25 heteroatoms. The van der Waals surface area contributed by atoms with Gasteiger partial charge < -0.3 is 29.5 Å². The second kappa shape index (κ2) is 19.2. The Hall–Kier alpha value is -3.28. The maximum absolute atomic E-state index is 12.1. The van der Waals surface area contributed by atoms with E-state index < -0.39 is 122 Å². The van der Waals surface area contributed by atoms with Gasteiger partial charge in [0, 0.05) is 46.9 Å². The molecule has 3 aliphatic carbocycles. The molecule has 3 fully saturated rings. The third-order valence-corrected chi connectivity index (χ3v) is 13.2. The van der Waals surface area contributed by atoms with Crippen molar-refractivity contribution in [2.45, 2.75) is 119 Å². The van der Waals surface area contributed by atoms with Gasteiger partial charge in [0.25, 0.3) is 0 Å². The molecule has 0 bridgehead atoms. The summed E-state index contributed by atoms with van der Waals surface area (Å²) in [5.41, 5.74) is -7.75. The Kier molecular flexibility index (Phi) is 18.2. The van der Waals surface area contributed by atoms with Gasteiger partial charge in [-0.1, -0.05) is 41.5 Å². The molecule has 0 heterocycles. The van der Waals surface area contributed by atoms with Gasteiger partial charge in [-0.05, 0) is 75.5 Å². The van der Waals surface area contributed by atoms with E-state index in [1.165, 1.54) is 62.3 Å². The Labute approximate surface area is 380 Å². The van der Waals surface area contributed by atoms with Gasteiger partial charge in [-0.2, -0.15) is 39.5 Å². The van der Waals surface area contributed by atoms with Gasteiger partial charge in [0.2, 0.25) is 0 Å². The molecular weight excluding hydrogens is 1020 g/mol. The fourth-order valence-corrected chi connectivity index (χ4v) is 7.66. The van der Waals surface area contributed by atoms with Crippen LogP contribution in [0.2, 0.25) is 0 Å². The van der Waals surface area contributed by atoms with Crippen LogP contribution in [0.3, 0.4) is 0 Å². The number of hydrogen-bond donors (Lipinski definition) is 3. The molecule has 0 aromatic heterocycles. The van der Waals surface area contributed by atoms with Gasteiger partial charge in [0.15, 0.2) is 0 Å². The number of carbonyl (C=O) groups excluding carboxylic acids is 6. The van der Waals surface area contributed by atoms with Crippen molar-refractivity contribution in [1.29, 1.82) is 0 Å². The molecule has 6 atom stereocenters. The van der Waals surface area contributed by atoms with E-state index >= 15 is 0 Å². The van der Waals surface area contributed by atoms with Crippen molar-refractivity contribution < 1.29 is 159 Å². The van der Waals surface area contributed by atoms with Gasteiger partial charge in [0.1, 0.15) is 0 Å². The van der Waals surface area contributed by atoms with Crippen molar-refractivity contribution in [1.82, 2.24) is 0 Å². The van der Waals surface area contributed by atoms with Crippen LogP contribution in [0.15, 0.2) is 0 Å². The SMILES string of the molecule is CC1(C(=O)OC(=O)C(F)(F)F)CCC(C(=O)O)C1(C)C.CC1(C(=O)OC(=O)C(F)(F)F)CCC(C(=O)O)C1(C)C.CC1(C(=O)OC(=O)C(F)(F)F)CCC(C(=O)O)C1(C)C.[Yb]. The zero-order valence-corrected chi connectivity index (χ0v) is 35.6. The predicted molar refractivity (Wildman–Crippen MR) is 178 cm³/mol. The number of esters is 6. The molecular formula is C36H45F9O15Yb. The zero-order valence-electron chi connectivity index (χ0n) is 33.9. The van der Waals surface area contributed by atoms with Gasteiger partial charge in [-0.25, -0.2) is 14.4 Å². The summed E-state index contributed by atoms with van der Waals surface area (Å²) in [6, 6.07) is 0. The average Bonchev–Trinajstić information content (AvgIpc) is 3.57. The molecule has 0 saturated heterocycles. The number of rotatable bonds is 6. The summed E-state index contributed by atoms with van der Waals surface area (Å²) in [6.45, 7) is 12.8. The van der Waals surface area contributed by atoms with E-state index in [1.807, 2.05) is 0 Å². The van der Waals surface area contributed by atoms with Crippen molar-refractivity contribution in [3.8, 4) is 0 Å². The van der Waals surface area contributed by atoms with Gasteiger partial charge >= 0.3 is 72.3 Å². The summed E-state index contributed by atoms with van der Waals surface area (Å²) in [7, 11) is 0. The van der Waals surface area contributed by atoms with E-state index in [0.29, 0.717) is 0 Å². The van der Waals surface area contributed by atoms with E-state index in [4.69, 9.17) is 15.3 Å². The average molecular weight is 1060 g/mol. The Morgan fingerprint density at radius 1 is 0.410 bits per heavy atom. The summed E-state index contributed by atoms with van der Waals surface area (Å²) in [5, 5.41) is 27.2. The molecule has 0 aromatic rings. The second-order valence-electron chi connectivity index (χ2n) is 17.0. The van der Waals surface area contributed by atoms with Crippen LogP contribution in [0.25, 0.3) is 0 Å². The summed E-state index contributed by atoms with van der Waals surface area (Å²) in [4.78, 5) is 101. The molecule has 356 valence electrons. The molecule has 3 saturated carbocycles. The molecule has 0 aliphatic heterocycles. The van der Waals surface area contributed by atoms with Crippen LogP contribution in [0.1, 0.15) is 101 Å². The first-order valence-electron chi connectivity index (χ1n) is 17.7. The maximum atomic E-state index is 12.1. The van der Waals surface area contributed by atoms with E-state index in [-0.39, 0.29) is 85.4 Å². The number of ether oxygens (including phenoxy) is 3. The van der Waals surface area contributed by atoms with Crippen LogP contribution < -0.4 is 0 Å². The predicted octanol–water partition coefficient (Wildman–Crippen LogP) is 6.44.